The third-order valence-corrected chi connectivity index (χ3v) is 6.57. The van der Waals surface area contributed by atoms with E-state index < -0.39 is 0 Å². The first-order valence-electron chi connectivity index (χ1n) is 10.8. The van der Waals surface area contributed by atoms with Gasteiger partial charge in [0.25, 0.3) is 0 Å². The van der Waals surface area contributed by atoms with Crippen LogP contribution >= 0.6 is 0 Å². The number of carbonyl (C=O) groups is 1. The molecule has 2 heterocycles. The van der Waals surface area contributed by atoms with E-state index in [-0.39, 0.29) is 36.3 Å². The van der Waals surface area contributed by atoms with Crippen LogP contribution in [0.4, 0.5) is 10.1 Å². The van der Waals surface area contributed by atoms with Crippen LogP contribution in [0.3, 0.4) is 0 Å². The summed E-state index contributed by atoms with van der Waals surface area (Å²) in [6, 6.07) is 22.1. The Bertz CT molecular complexity index is 1100. The van der Waals surface area contributed by atoms with E-state index in [1.165, 1.54) is 6.07 Å². The van der Waals surface area contributed by atoms with Gasteiger partial charge in [0.1, 0.15) is 5.82 Å². The minimum absolute atomic E-state index is 0.0103. The van der Waals surface area contributed by atoms with E-state index in [9.17, 15) is 14.3 Å². The van der Waals surface area contributed by atoms with Crippen molar-refractivity contribution in [1.29, 1.82) is 0 Å². The Labute approximate surface area is 181 Å². The van der Waals surface area contributed by atoms with E-state index in [4.69, 9.17) is 0 Å². The molecule has 2 N–H and O–H groups in total. The maximum Gasteiger partial charge on any atom is 0.227 e. The molecule has 5 rings (SSSR count). The Morgan fingerprint density at radius 2 is 1.84 bits per heavy atom. The number of anilines is 1. The summed E-state index contributed by atoms with van der Waals surface area (Å²) in [7, 11) is 0. The molecule has 0 saturated carbocycles. The smallest absolute Gasteiger partial charge is 0.227 e. The molecule has 0 aliphatic carbocycles. The van der Waals surface area contributed by atoms with Gasteiger partial charge in [0.2, 0.25) is 5.91 Å². The topological polar surface area (TPSA) is 52.6 Å². The van der Waals surface area contributed by atoms with Gasteiger partial charge in [-0.1, -0.05) is 54.6 Å². The van der Waals surface area contributed by atoms with Crippen molar-refractivity contribution in [3.05, 3.63) is 89.7 Å². The molecule has 1 saturated heterocycles. The third-order valence-electron chi connectivity index (χ3n) is 6.57. The van der Waals surface area contributed by atoms with E-state index in [1.807, 2.05) is 59.5 Å². The molecule has 4 nitrogen and oxygen atoms in total. The number of rotatable bonds is 4. The van der Waals surface area contributed by atoms with Gasteiger partial charge in [-0.05, 0) is 41.3 Å². The zero-order valence-corrected chi connectivity index (χ0v) is 17.2. The molecule has 1 fully saturated rings. The van der Waals surface area contributed by atoms with Crippen molar-refractivity contribution in [2.75, 3.05) is 18.5 Å². The van der Waals surface area contributed by atoms with Crippen molar-refractivity contribution >= 4 is 11.6 Å². The SMILES string of the molecule is O=C(Cc1ccccc1)N1CC[C@H]2[C@H](CO)Nc3ccc(-c4ccccc4F)cc3[C@H]21. The lowest BCUT2D eigenvalue weighted by Crippen LogP contribution is -2.43. The van der Waals surface area contributed by atoms with Gasteiger partial charge in [0.05, 0.1) is 25.1 Å². The predicted molar refractivity (Wildman–Crippen MR) is 119 cm³/mol. The van der Waals surface area contributed by atoms with E-state index in [2.05, 4.69) is 5.32 Å². The number of aliphatic hydroxyl groups is 1. The first kappa shape index (κ1) is 19.8. The fourth-order valence-corrected chi connectivity index (χ4v) is 5.08. The number of nitrogens with zero attached hydrogens (tertiary/aromatic N) is 1. The Hall–Kier alpha value is -3.18. The number of hydrogen-bond donors (Lipinski definition) is 2. The standard InChI is InChI=1S/C26H25FN2O2/c27-22-9-5-4-8-19(22)18-10-11-23-21(15-18)26-20(24(16-30)28-23)12-13-29(26)25(31)14-17-6-2-1-3-7-17/h1-11,15,20,24,26,28,30H,12-14,16H2/t20-,24-,26-/m0/s1. The lowest BCUT2D eigenvalue weighted by molar-refractivity contribution is -0.131. The first-order chi connectivity index (χ1) is 15.2. The van der Waals surface area contributed by atoms with Crippen LogP contribution in [0.2, 0.25) is 0 Å². The number of hydrogen-bond acceptors (Lipinski definition) is 3. The van der Waals surface area contributed by atoms with Crippen molar-refractivity contribution in [3.63, 3.8) is 0 Å². The van der Waals surface area contributed by atoms with Crippen molar-refractivity contribution in [2.45, 2.75) is 24.9 Å². The molecule has 5 heteroatoms. The molecule has 0 radical (unpaired) electrons. The molecule has 2 aliphatic heterocycles. The summed E-state index contributed by atoms with van der Waals surface area (Å²) in [5.41, 5.74) is 4.23. The summed E-state index contributed by atoms with van der Waals surface area (Å²) in [6.45, 7) is 0.666. The summed E-state index contributed by atoms with van der Waals surface area (Å²) >= 11 is 0. The number of aliphatic hydroxyl groups excluding tert-OH is 1. The molecular formula is C26H25FN2O2. The normalized spacial score (nSPS) is 21.9. The van der Waals surface area contributed by atoms with E-state index >= 15 is 0 Å². The molecule has 158 valence electrons. The number of likely N-dealkylation sites (tertiary alicyclic amines) is 1. The van der Waals surface area contributed by atoms with Crippen LogP contribution in [0.15, 0.2) is 72.8 Å². The third kappa shape index (κ3) is 3.59. The highest BCUT2D eigenvalue weighted by Crippen LogP contribution is 2.47. The second-order valence-corrected chi connectivity index (χ2v) is 8.36. The monoisotopic (exact) mass is 416 g/mol. The van der Waals surface area contributed by atoms with Crippen molar-refractivity contribution in [2.24, 2.45) is 5.92 Å². The summed E-state index contributed by atoms with van der Waals surface area (Å²) < 4.78 is 14.4. The molecular weight excluding hydrogens is 391 g/mol. The van der Waals surface area contributed by atoms with Gasteiger partial charge < -0.3 is 15.3 Å². The second kappa shape index (κ2) is 8.16. The van der Waals surface area contributed by atoms with Gasteiger partial charge in [-0.3, -0.25) is 4.79 Å². The van der Waals surface area contributed by atoms with Crippen LogP contribution in [-0.2, 0) is 11.2 Å². The van der Waals surface area contributed by atoms with Crippen LogP contribution in [0.25, 0.3) is 11.1 Å². The maximum absolute atomic E-state index is 14.4. The number of carbonyl (C=O) groups excluding carboxylic acids is 1. The zero-order chi connectivity index (χ0) is 21.4. The minimum atomic E-state index is -0.264. The Morgan fingerprint density at radius 3 is 2.61 bits per heavy atom. The molecule has 31 heavy (non-hydrogen) atoms. The number of nitrogens with one attached hydrogen (secondary N) is 1. The van der Waals surface area contributed by atoms with Crippen LogP contribution in [0, 0.1) is 11.7 Å². The van der Waals surface area contributed by atoms with Gasteiger partial charge in [-0.15, -0.1) is 0 Å². The predicted octanol–water partition coefficient (Wildman–Crippen LogP) is 4.41. The molecule has 0 bridgehead atoms. The van der Waals surface area contributed by atoms with E-state index in [0.29, 0.717) is 18.5 Å². The van der Waals surface area contributed by atoms with Crippen molar-refractivity contribution in [3.8, 4) is 11.1 Å². The molecule has 3 aromatic rings. The number of benzene rings is 3. The minimum Gasteiger partial charge on any atom is -0.394 e. The van der Waals surface area contributed by atoms with Crippen LogP contribution in [-0.4, -0.2) is 35.1 Å². The highest BCUT2D eigenvalue weighted by molar-refractivity contribution is 5.81. The van der Waals surface area contributed by atoms with Crippen molar-refractivity contribution < 1.29 is 14.3 Å². The second-order valence-electron chi connectivity index (χ2n) is 8.36. The van der Waals surface area contributed by atoms with Gasteiger partial charge in [-0.25, -0.2) is 4.39 Å². The molecule has 3 atom stereocenters. The molecule has 0 aromatic heterocycles. The molecule has 3 aromatic carbocycles. The molecule has 2 aliphatic rings. The maximum atomic E-state index is 14.4. The number of fused-ring (bicyclic) bond motifs is 3. The summed E-state index contributed by atoms with van der Waals surface area (Å²) in [4.78, 5) is 15.2. The fourth-order valence-electron chi connectivity index (χ4n) is 5.08. The average Bonchev–Trinajstić information content (AvgIpc) is 3.25. The van der Waals surface area contributed by atoms with Crippen LogP contribution in [0.5, 0.6) is 0 Å². The Morgan fingerprint density at radius 1 is 1.06 bits per heavy atom. The lowest BCUT2D eigenvalue weighted by Gasteiger charge is -2.39. The number of halogens is 1. The quantitative estimate of drug-likeness (QED) is 0.662. The Balaban J connectivity index is 1.53. The van der Waals surface area contributed by atoms with Gasteiger partial charge in [-0.2, -0.15) is 0 Å². The first-order valence-corrected chi connectivity index (χ1v) is 10.8. The van der Waals surface area contributed by atoms with Gasteiger partial charge in [0, 0.05) is 23.7 Å². The zero-order valence-electron chi connectivity index (χ0n) is 17.2. The molecule has 0 unspecified atom stereocenters. The average molecular weight is 416 g/mol. The van der Waals surface area contributed by atoms with Crippen molar-refractivity contribution in [1.82, 2.24) is 4.90 Å². The van der Waals surface area contributed by atoms with Crippen LogP contribution in [0.1, 0.15) is 23.6 Å². The Kier molecular flexibility index (Phi) is 5.20. The summed E-state index contributed by atoms with van der Waals surface area (Å²) in [6.07, 6.45) is 1.18. The molecule has 0 spiro atoms. The highest BCUT2D eigenvalue weighted by Gasteiger charge is 2.45. The number of amides is 1. The summed E-state index contributed by atoms with van der Waals surface area (Å²) in [5.74, 6) is -0.0629. The van der Waals surface area contributed by atoms with Crippen LogP contribution < -0.4 is 5.32 Å². The van der Waals surface area contributed by atoms with Gasteiger partial charge >= 0.3 is 0 Å². The largest absolute Gasteiger partial charge is 0.394 e. The lowest BCUT2D eigenvalue weighted by atomic mass is 9.82. The summed E-state index contributed by atoms with van der Waals surface area (Å²) in [5, 5.41) is 13.4. The van der Waals surface area contributed by atoms with Gasteiger partial charge in [0.15, 0.2) is 0 Å². The fraction of sp³-hybridized carbons (Fsp3) is 0.269. The van der Waals surface area contributed by atoms with E-state index in [1.54, 1.807) is 12.1 Å². The highest BCUT2D eigenvalue weighted by atomic mass is 19.1. The van der Waals surface area contributed by atoms with E-state index in [0.717, 1.165) is 28.8 Å². The molecule has 1 amide bonds.